The van der Waals surface area contributed by atoms with Gasteiger partial charge in [0.1, 0.15) is 6.04 Å². The third-order valence-electron chi connectivity index (χ3n) is 5.08. The average molecular weight is 450 g/mol. The van der Waals surface area contributed by atoms with Crippen LogP contribution in [0, 0.1) is 0 Å². The summed E-state index contributed by atoms with van der Waals surface area (Å²) in [5, 5.41) is 6.64. The van der Waals surface area contributed by atoms with Crippen molar-refractivity contribution in [3.63, 3.8) is 0 Å². The maximum absolute atomic E-state index is 12.7. The number of hydrogen-bond donors (Lipinski definition) is 2. The first kappa shape index (κ1) is 22.6. The Labute approximate surface area is 186 Å². The van der Waals surface area contributed by atoms with E-state index in [0.717, 1.165) is 18.7 Å². The lowest BCUT2D eigenvalue weighted by atomic mass is 10.0. The SMILES string of the molecule is CC(NC(=O)c1ccccc1Cl)C(=O)NCC(c1ccccc1Cl)N1CCOCC1. The molecule has 0 saturated carbocycles. The molecule has 8 heteroatoms. The molecule has 1 aliphatic rings. The molecule has 6 nitrogen and oxygen atoms in total. The van der Waals surface area contributed by atoms with Crippen LogP contribution in [0.15, 0.2) is 48.5 Å². The van der Waals surface area contributed by atoms with Crippen LogP contribution >= 0.6 is 23.2 Å². The second-order valence-electron chi connectivity index (χ2n) is 7.11. The van der Waals surface area contributed by atoms with Crippen LogP contribution < -0.4 is 10.6 Å². The topological polar surface area (TPSA) is 70.7 Å². The number of rotatable bonds is 7. The van der Waals surface area contributed by atoms with Crippen molar-refractivity contribution in [3.05, 3.63) is 69.7 Å². The van der Waals surface area contributed by atoms with Crippen molar-refractivity contribution in [1.29, 1.82) is 0 Å². The van der Waals surface area contributed by atoms with Crippen molar-refractivity contribution >= 4 is 35.0 Å². The van der Waals surface area contributed by atoms with Crippen LogP contribution in [0.5, 0.6) is 0 Å². The first-order chi connectivity index (χ1) is 14.5. The van der Waals surface area contributed by atoms with Gasteiger partial charge in [0.2, 0.25) is 5.91 Å². The normalized spacial score (nSPS) is 16.5. The molecule has 2 N–H and O–H groups in total. The van der Waals surface area contributed by atoms with Gasteiger partial charge in [0.05, 0.1) is 29.8 Å². The Balaban J connectivity index is 1.64. The van der Waals surface area contributed by atoms with Gasteiger partial charge in [-0.25, -0.2) is 0 Å². The van der Waals surface area contributed by atoms with Gasteiger partial charge in [0, 0.05) is 24.7 Å². The highest BCUT2D eigenvalue weighted by atomic mass is 35.5. The molecule has 3 rings (SSSR count). The quantitative estimate of drug-likeness (QED) is 0.679. The van der Waals surface area contributed by atoms with Gasteiger partial charge in [0.15, 0.2) is 0 Å². The Hall–Kier alpha value is -2.12. The Morgan fingerprint density at radius 1 is 1.03 bits per heavy atom. The zero-order valence-corrected chi connectivity index (χ0v) is 18.2. The van der Waals surface area contributed by atoms with E-state index in [2.05, 4.69) is 15.5 Å². The molecule has 0 aromatic heterocycles. The molecule has 1 heterocycles. The maximum Gasteiger partial charge on any atom is 0.253 e. The Morgan fingerprint density at radius 2 is 1.67 bits per heavy atom. The number of amides is 2. The molecule has 160 valence electrons. The summed E-state index contributed by atoms with van der Waals surface area (Å²) in [6.45, 7) is 4.80. The molecule has 2 aromatic rings. The van der Waals surface area contributed by atoms with Gasteiger partial charge >= 0.3 is 0 Å². The summed E-state index contributed by atoms with van der Waals surface area (Å²) >= 11 is 12.5. The minimum Gasteiger partial charge on any atom is -0.379 e. The van der Waals surface area contributed by atoms with Gasteiger partial charge in [-0.15, -0.1) is 0 Å². The predicted octanol–water partition coefficient (Wildman–Crippen LogP) is 3.30. The van der Waals surface area contributed by atoms with Crippen molar-refractivity contribution in [1.82, 2.24) is 15.5 Å². The van der Waals surface area contributed by atoms with E-state index < -0.39 is 6.04 Å². The molecule has 2 unspecified atom stereocenters. The van der Waals surface area contributed by atoms with Crippen molar-refractivity contribution in [2.75, 3.05) is 32.8 Å². The van der Waals surface area contributed by atoms with E-state index in [-0.39, 0.29) is 17.9 Å². The number of halogens is 2. The predicted molar refractivity (Wildman–Crippen MR) is 118 cm³/mol. The van der Waals surface area contributed by atoms with Crippen molar-refractivity contribution in [2.24, 2.45) is 0 Å². The van der Waals surface area contributed by atoms with E-state index in [1.807, 2.05) is 24.3 Å². The fourth-order valence-electron chi connectivity index (χ4n) is 3.41. The molecule has 2 amide bonds. The standard InChI is InChI=1S/C22H25Cl2N3O3/c1-15(26-22(29)17-7-3-5-9-19(17)24)21(28)25-14-20(27-10-12-30-13-11-27)16-6-2-4-8-18(16)23/h2-9,15,20H,10-14H2,1H3,(H,25,28)(H,26,29). The smallest absolute Gasteiger partial charge is 0.253 e. The van der Waals surface area contributed by atoms with Crippen LogP contribution in [-0.4, -0.2) is 55.6 Å². The summed E-state index contributed by atoms with van der Waals surface area (Å²) < 4.78 is 5.45. The molecular formula is C22H25Cl2N3O3. The van der Waals surface area contributed by atoms with E-state index in [1.165, 1.54) is 0 Å². The lowest BCUT2D eigenvalue weighted by molar-refractivity contribution is -0.122. The van der Waals surface area contributed by atoms with Gasteiger partial charge in [-0.2, -0.15) is 0 Å². The Kier molecular flexibility index (Phi) is 8.10. The number of carbonyl (C=O) groups excluding carboxylic acids is 2. The molecule has 0 radical (unpaired) electrons. The van der Waals surface area contributed by atoms with Crippen LogP contribution in [-0.2, 0) is 9.53 Å². The number of carbonyl (C=O) groups is 2. The van der Waals surface area contributed by atoms with E-state index in [0.29, 0.717) is 35.4 Å². The van der Waals surface area contributed by atoms with Crippen molar-refractivity contribution in [3.8, 4) is 0 Å². The van der Waals surface area contributed by atoms with E-state index >= 15 is 0 Å². The third-order valence-corrected chi connectivity index (χ3v) is 5.75. The van der Waals surface area contributed by atoms with Crippen LogP contribution in [0.2, 0.25) is 10.0 Å². The maximum atomic E-state index is 12.7. The molecule has 2 aromatic carbocycles. The minimum absolute atomic E-state index is 0.0852. The molecule has 1 fully saturated rings. The summed E-state index contributed by atoms with van der Waals surface area (Å²) in [6, 6.07) is 13.6. The summed E-state index contributed by atoms with van der Waals surface area (Å²) in [7, 11) is 0. The Bertz CT molecular complexity index is 887. The summed E-state index contributed by atoms with van der Waals surface area (Å²) in [5.41, 5.74) is 1.29. The molecule has 1 saturated heterocycles. The van der Waals surface area contributed by atoms with E-state index in [1.54, 1.807) is 31.2 Å². The summed E-state index contributed by atoms with van der Waals surface area (Å²) in [5.74, 6) is -0.667. The molecule has 2 atom stereocenters. The highest BCUT2D eigenvalue weighted by Crippen LogP contribution is 2.27. The van der Waals surface area contributed by atoms with Crippen LogP contribution in [0.1, 0.15) is 28.9 Å². The van der Waals surface area contributed by atoms with Crippen LogP contribution in [0.4, 0.5) is 0 Å². The largest absolute Gasteiger partial charge is 0.379 e. The second-order valence-corrected chi connectivity index (χ2v) is 7.92. The minimum atomic E-state index is -0.717. The zero-order chi connectivity index (χ0) is 21.5. The highest BCUT2D eigenvalue weighted by Gasteiger charge is 2.26. The lowest BCUT2D eigenvalue weighted by Crippen LogP contribution is -2.48. The molecule has 0 bridgehead atoms. The fourth-order valence-corrected chi connectivity index (χ4v) is 3.89. The molecular weight excluding hydrogens is 425 g/mol. The van der Waals surface area contributed by atoms with Crippen molar-refractivity contribution in [2.45, 2.75) is 19.0 Å². The number of morpholine rings is 1. The number of benzene rings is 2. The van der Waals surface area contributed by atoms with E-state index in [4.69, 9.17) is 27.9 Å². The summed E-state index contributed by atoms with van der Waals surface area (Å²) in [6.07, 6.45) is 0. The lowest BCUT2D eigenvalue weighted by Gasteiger charge is -2.35. The Morgan fingerprint density at radius 3 is 2.33 bits per heavy atom. The molecule has 1 aliphatic heterocycles. The second kappa shape index (κ2) is 10.8. The zero-order valence-electron chi connectivity index (χ0n) is 16.7. The summed E-state index contributed by atoms with van der Waals surface area (Å²) in [4.78, 5) is 27.3. The first-order valence-corrected chi connectivity index (χ1v) is 10.6. The van der Waals surface area contributed by atoms with E-state index in [9.17, 15) is 9.59 Å². The van der Waals surface area contributed by atoms with Gasteiger partial charge in [0.25, 0.3) is 5.91 Å². The highest BCUT2D eigenvalue weighted by molar-refractivity contribution is 6.33. The monoisotopic (exact) mass is 449 g/mol. The third kappa shape index (κ3) is 5.73. The van der Waals surface area contributed by atoms with Gasteiger partial charge < -0.3 is 15.4 Å². The number of ether oxygens (including phenoxy) is 1. The van der Waals surface area contributed by atoms with Gasteiger partial charge in [-0.3, -0.25) is 14.5 Å². The van der Waals surface area contributed by atoms with Gasteiger partial charge in [-0.1, -0.05) is 53.5 Å². The fraction of sp³-hybridized carbons (Fsp3) is 0.364. The average Bonchev–Trinajstić information content (AvgIpc) is 2.75. The molecule has 0 spiro atoms. The molecule has 30 heavy (non-hydrogen) atoms. The van der Waals surface area contributed by atoms with Crippen LogP contribution in [0.25, 0.3) is 0 Å². The van der Waals surface area contributed by atoms with Crippen LogP contribution in [0.3, 0.4) is 0 Å². The number of nitrogens with zero attached hydrogens (tertiary/aromatic N) is 1. The number of hydrogen-bond acceptors (Lipinski definition) is 4. The van der Waals surface area contributed by atoms with Gasteiger partial charge in [-0.05, 0) is 30.7 Å². The first-order valence-electron chi connectivity index (χ1n) is 9.86. The number of nitrogens with one attached hydrogen (secondary N) is 2. The molecule has 0 aliphatic carbocycles. The van der Waals surface area contributed by atoms with Crippen molar-refractivity contribution < 1.29 is 14.3 Å².